The van der Waals surface area contributed by atoms with Crippen molar-refractivity contribution in [1.82, 2.24) is 20.4 Å². The third kappa shape index (κ3) is 7.70. The van der Waals surface area contributed by atoms with Crippen LogP contribution in [0.25, 0.3) is 0 Å². The average molecular weight is 483 g/mol. The Labute approximate surface area is 201 Å². The molecule has 190 valence electrons. The summed E-state index contributed by atoms with van der Waals surface area (Å²) in [6.07, 6.45) is 3.52. The van der Waals surface area contributed by atoms with Gasteiger partial charge in [0.25, 0.3) is 5.91 Å². The molecule has 0 bridgehead atoms. The van der Waals surface area contributed by atoms with Gasteiger partial charge in [-0.15, -0.1) is 0 Å². The van der Waals surface area contributed by atoms with E-state index in [0.717, 1.165) is 31.7 Å². The summed E-state index contributed by atoms with van der Waals surface area (Å²) < 4.78 is 5.72. The molecule has 8 nitrogen and oxygen atoms in total. The Morgan fingerprint density at radius 2 is 1.76 bits per heavy atom. The van der Waals surface area contributed by atoms with E-state index < -0.39 is 13.6 Å². The van der Waals surface area contributed by atoms with Crippen LogP contribution in [0, 0.1) is 11.3 Å². The monoisotopic (exact) mass is 482 g/mol. The van der Waals surface area contributed by atoms with Crippen LogP contribution >= 0.6 is 0 Å². The van der Waals surface area contributed by atoms with E-state index in [0.29, 0.717) is 25.6 Å². The number of rotatable bonds is 10. The van der Waals surface area contributed by atoms with Crippen LogP contribution in [0.2, 0.25) is 25.7 Å². The molecule has 0 aromatic heterocycles. The molecule has 0 aromatic carbocycles. The second-order valence-corrected chi connectivity index (χ2v) is 18.0. The number of carbonyl (C=O) groups excluding carboxylic acids is 3. The van der Waals surface area contributed by atoms with E-state index in [1.165, 1.54) is 4.90 Å². The Bertz CT molecular complexity index is 712. The van der Waals surface area contributed by atoms with Crippen molar-refractivity contribution in [1.29, 1.82) is 0 Å². The highest BCUT2D eigenvalue weighted by Gasteiger charge is 2.53. The summed E-state index contributed by atoms with van der Waals surface area (Å²) in [7, 11) is -1.23. The lowest BCUT2D eigenvalue weighted by atomic mass is 9.73. The Kier molecular flexibility index (Phi) is 9.01. The first-order valence-electron chi connectivity index (χ1n) is 12.4. The van der Waals surface area contributed by atoms with Gasteiger partial charge in [-0.1, -0.05) is 40.4 Å². The molecule has 1 saturated carbocycles. The second-order valence-electron chi connectivity index (χ2n) is 12.3. The van der Waals surface area contributed by atoms with Gasteiger partial charge in [-0.3, -0.25) is 4.79 Å². The van der Waals surface area contributed by atoms with Gasteiger partial charge in [-0.05, 0) is 56.9 Å². The highest BCUT2D eigenvalue weighted by Crippen LogP contribution is 2.40. The van der Waals surface area contributed by atoms with E-state index in [1.54, 1.807) is 4.90 Å². The lowest BCUT2D eigenvalue weighted by Gasteiger charge is -2.42. The topological polar surface area (TPSA) is 91.0 Å². The predicted molar refractivity (Wildman–Crippen MR) is 134 cm³/mol. The lowest BCUT2D eigenvalue weighted by molar-refractivity contribution is -0.135. The Balaban J connectivity index is 1.90. The molecule has 0 radical (unpaired) electrons. The van der Waals surface area contributed by atoms with Crippen molar-refractivity contribution in [2.45, 2.75) is 97.6 Å². The van der Waals surface area contributed by atoms with Crippen LogP contribution in [0.1, 0.15) is 60.3 Å². The molecule has 0 atom stereocenters. The normalized spacial score (nSPS) is 25.7. The van der Waals surface area contributed by atoms with E-state index in [9.17, 15) is 14.4 Å². The minimum absolute atomic E-state index is 0.0241. The predicted octanol–water partition coefficient (Wildman–Crippen LogP) is 4.25. The largest absolute Gasteiger partial charge is 0.361 e. The third-order valence-electron chi connectivity index (χ3n) is 6.86. The van der Waals surface area contributed by atoms with E-state index >= 15 is 0 Å². The van der Waals surface area contributed by atoms with Gasteiger partial charge in [0, 0.05) is 33.8 Å². The van der Waals surface area contributed by atoms with Crippen molar-refractivity contribution < 1.29 is 19.1 Å². The molecule has 1 aliphatic carbocycles. The first kappa shape index (κ1) is 27.6. The fraction of sp³-hybridized carbons (Fsp3) is 0.875. The fourth-order valence-corrected chi connectivity index (χ4v) is 5.12. The van der Waals surface area contributed by atoms with Crippen LogP contribution in [-0.4, -0.2) is 73.9 Å². The molecule has 0 spiro atoms. The smallest absolute Gasteiger partial charge is 0.329 e. The van der Waals surface area contributed by atoms with Crippen molar-refractivity contribution in [2.24, 2.45) is 11.3 Å². The minimum Gasteiger partial charge on any atom is -0.361 e. The molecule has 0 unspecified atom stereocenters. The van der Waals surface area contributed by atoms with Crippen LogP contribution in [0.5, 0.6) is 0 Å². The highest BCUT2D eigenvalue weighted by atomic mass is 28.3. The van der Waals surface area contributed by atoms with Crippen molar-refractivity contribution in [3.63, 3.8) is 0 Å². The first-order valence-corrected chi connectivity index (χ1v) is 16.1. The molecular formula is C24H46N4O4Si. The van der Waals surface area contributed by atoms with E-state index in [2.05, 4.69) is 51.0 Å². The van der Waals surface area contributed by atoms with Crippen LogP contribution in [0.4, 0.5) is 9.59 Å². The Morgan fingerprint density at radius 1 is 1.15 bits per heavy atom. The molecule has 1 aliphatic heterocycles. The third-order valence-corrected chi connectivity index (χ3v) is 8.56. The number of nitrogens with one attached hydrogen (secondary N) is 2. The number of hydrogen-bond acceptors (Lipinski definition) is 4. The molecule has 1 heterocycles. The molecule has 0 aromatic rings. The summed E-state index contributed by atoms with van der Waals surface area (Å²) in [5, 5.41) is 5.99. The van der Waals surface area contributed by atoms with Crippen LogP contribution in [0.15, 0.2) is 0 Å². The molecule has 33 heavy (non-hydrogen) atoms. The number of imide groups is 1. The summed E-state index contributed by atoms with van der Waals surface area (Å²) in [5.41, 5.74) is -0.970. The SMILES string of the molecule is CC(C)CNC(=O)NC1CCC(C)(CN2C(=O)N(COCC[Si](C)(C)C)C(=O)C2(C)C)CC1. The van der Waals surface area contributed by atoms with Gasteiger partial charge in [0.2, 0.25) is 0 Å². The zero-order valence-corrected chi connectivity index (χ0v) is 23.0. The van der Waals surface area contributed by atoms with E-state index in [-0.39, 0.29) is 36.2 Å². The molecule has 2 rings (SSSR count). The number of urea groups is 2. The standard InChI is InChI=1S/C24H46N4O4Si/c1-18(2)15-25-21(30)26-19-9-11-24(5,12-10-19)16-28-22(31)27(20(29)23(28,3)4)17-32-13-14-33(6,7)8/h18-19H,9-17H2,1-8H3,(H2,25,26,30). The molecule has 9 heteroatoms. The summed E-state index contributed by atoms with van der Waals surface area (Å²) in [5.74, 6) is 0.223. The molecule has 2 aliphatic rings. The van der Waals surface area contributed by atoms with Crippen LogP contribution in [-0.2, 0) is 9.53 Å². The summed E-state index contributed by atoms with van der Waals surface area (Å²) >= 11 is 0. The molecular weight excluding hydrogens is 436 g/mol. The number of carbonyl (C=O) groups is 3. The van der Waals surface area contributed by atoms with Crippen LogP contribution < -0.4 is 10.6 Å². The number of ether oxygens (including phenoxy) is 1. The number of nitrogens with zero attached hydrogens (tertiary/aromatic N) is 2. The van der Waals surface area contributed by atoms with Gasteiger partial charge < -0.3 is 20.3 Å². The zero-order chi connectivity index (χ0) is 25.0. The first-order chi connectivity index (χ1) is 15.1. The Hall–Kier alpha value is -1.61. The molecule has 2 fully saturated rings. The zero-order valence-electron chi connectivity index (χ0n) is 22.0. The number of amides is 5. The molecule has 5 amide bonds. The highest BCUT2D eigenvalue weighted by molar-refractivity contribution is 6.76. The van der Waals surface area contributed by atoms with E-state index in [1.807, 2.05) is 13.8 Å². The second kappa shape index (κ2) is 10.8. The van der Waals surface area contributed by atoms with Gasteiger partial charge in [0.15, 0.2) is 0 Å². The van der Waals surface area contributed by atoms with Crippen molar-refractivity contribution in [3.8, 4) is 0 Å². The molecule has 2 N–H and O–H groups in total. The minimum atomic E-state index is -1.23. The molecule has 1 saturated heterocycles. The average Bonchev–Trinajstić information content (AvgIpc) is 2.85. The summed E-state index contributed by atoms with van der Waals surface area (Å²) in [6.45, 7) is 18.6. The van der Waals surface area contributed by atoms with Crippen LogP contribution in [0.3, 0.4) is 0 Å². The van der Waals surface area contributed by atoms with Gasteiger partial charge >= 0.3 is 12.1 Å². The fourth-order valence-electron chi connectivity index (χ4n) is 4.36. The van der Waals surface area contributed by atoms with Gasteiger partial charge in [-0.25, -0.2) is 14.5 Å². The van der Waals surface area contributed by atoms with Gasteiger partial charge in [0.05, 0.1) is 0 Å². The number of hydrogen-bond donors (Lipinski definition) is 2. The van der Waals surface area contributed by atoms with E-state index in [4.69, 9.17) is 4.74 Å². The van der Waals surface area contributed by atoms with Crippen molar-refractivity contribution in [3.05, 3.63) is 0 Å². The Morgan fingerprint density at radius 3 is 2.30 bits per heavy atom. The van der Waals surface area contributed by atoms with Crippen molar-refractivity contribution >= 4 is 26.0 Å². The lowest BCUT2D eigenvalue weighted by Crippen LogP contribution is -2.51. The maximum atomic E-state index is 13.2. The van der Waals surface area contributed by atoms with Crippen molar-refractivity contribution in [2.75, 3.05) is 26.4 Å². The quantitative estimate of drug-likeness (QED) is 0.277. The summed E-state index contributed by atoms with van der Waals surface area (Å²) in [6, 6.07) is 0.778. The van der Waals surface area contributed by atoms with Gasteiger partial charge in [-0.2, -0.15) is 0 Å². The maximum absolute atomic E-state index is 13.2. The summed E-state index contributed by atoms with van der Waals surface area (Å²) in [4.78, 5) is 41.3. The maximum Gasteiger partial charge on any atom is 0.329 e. The van der Waals surface area contributed by atoms with Gasteiger partial charge in [0.1, 0.15) is 12.3 Å².